The summed E-state index contributed by atoms with van der Waals surface area (Å²) in [5.74, 6) is 0.337. The summed E-state index contributed by atoms with van der Waals surface area (Å²) in [6, 6.07) is 3.93. The van der Waals surface area contributed by atoms with Crippen molar-refractivity contribution in [1.82, 2.24) is 15.3 Å². The molecule has 0 aromatic carbocycles. The Morgan fingerprint density at radius 2 is 1.96 bits per heavy atom. The van der Waals surface area contributed by atoms with Crippen LogP contribution >= 0.6 is 12.2 Å². The van der Waals surface area contributed by atoms with E-state index in [2.05, 4.69) is 25.3 Å². The Hall–Kier alpha value is -1.93. The second kappa shape index (κ2) is 8.25. The first-order valence-electron chi connectivity index (χ1n) is 8.41. The number of thiocarbonyl (C=S) groups is 1. The summed E-state index contributed by atoms with van der Waals surface area (Å²) in [6.07, 6.45) is 5.36. The van der Waals surface area contributed by atoms with E-state index in [-0.39, 0.29) is 0 Å². The van der Waals surface area contributed by atoms with Gasteiger partial charge < -0.3 is 20.3 Å². The number of hydrogen-bond donors (Lipinski definition) is 2. The van der Waals surface area contributed by atoms with Crippen molar-refractivity contribution in [1.29, 1.82) is 0 Å². The van der Waals surface area contributed by atoms with Gasteiger partial charge in [0.05, 0.1) is 13.2 Å². The molecule has 0 spiro atoms. The van der Waals surface area contributed by atoms with Gasteiger partial charge in [-0.2, -0.15) is 5.10 Å². The summed E-state index contributed by atoms with van der Waals surface area (Å²) in [5, 5.41) is 4.84. The summed E-state index contributed by atoms with van der Waals surface area (Å²) in [6.45, 7) is 5.19. The number of morpholine rings is 1. The minimum absolute atomic E-state index is 0.337. The number of piperidine rings is 1. The van der Waals surface area contributed by atoms with Gasteiger partial charge in [-0.3, -0.25) is 10.4 Å². The van der Waals surface area contributed by atoms with Gasteiger partial charge in [0, 0.05) is 38.1 Å². The lowest BCUT2D eigenvalue weighted by molar-refractivity contribution is 0.122. The molecular formula is C16H24N6OS. The van der Waals surface area contributed by atoms with E-state index in [4.69, 9.17) is 22.7 Å². The van der Waals surface area contributed by atoms with Gasteiger partial charge in [-0.05, 0) is 43.6 Å². The smallest absolute Gasteiger partial charge is 0.189 e. The fraction of sp³-hybridized carbons (Fsp3) is 0.562. The van der Waals surface area contributed by atoms with Gasteiger partial charge >= 0.3 is 0 Å². The fourth-order valence-corrected chi connectivity index (χ4v) is 3.14. The number of nitrogens with one attached hydrogen (secondary N) is 1. The highest BCUT2D eigenvalue weighted by Crippen LogP contribution is 2.16. The van der Waals surface area contributed by atoms with Gasteiger partial charge in [0.15, 0.2) is 10.9 Å². The molecular weight excluding hydrogens is 324 g/mol. The molecule has 0 amide bonds. The molecule has 7 nitrogen and oxygen atoms in total. The summed E-state index contributed by atoms with van der Waals surface area (Å²) in [4.78, 5) is 8.70. The van der Waals surface area contributed by atoms with Gasteiger partial charge in [0.1, 0.15) is 5.69 Å². The molecule has 0 bridgehead atoms. The molecule has 2 aliphatic rings. The van der Waals surface area contributed by atoms with E-state index in [9.17, 15) is 0 Å². The number of amidine groups is 1. The van der Waals surface area contributed by atoms with Crippen LogP contribution in [0.15, 0.2) is 23.4 Å². The number of aromatic nitrogens is 1. The van der Waals surface area contributed by atoms with Crippen molar-refractivity contribution in [2.24, 2.45) is 10.8 Å². The van der Waals surface area contributed by atoms with Crippen LogP contribution < -0.4 is 16.1 Å². The molecule has 130 valence electrons. The van der Waals surface area contributed by atoms with Crippen LogP contribution in [-0.4, -0.2) is 60.2 Å². The zero-order valence-electron chi connectivity index (χ0n) is 13.8. The second-order valence-corrected chi connectivity index (χ2v) is 6.35. The molecule has 8 heteroatoms. The van der Waals surface area contributed by atoms with Crippen LogP contribution in [0, 0.1) is 0 Å². The molecule has 2 aliphatic heterocycles. The number of hydrogen-bond acceptors (Lipinski definition) is 5. The van der Waals surface area contributed by atoms with E-state index in [1.807, 2.05) is 12.1 Å². The van der Waals surface area contributed by atoms with Gasteiger partial charge in [-0.15, -0.1) is 0 Å². The zero-order chi connectivity index (χ0) is 16.8. The monoisotopic (exact) mass is 348 g/mol. The Balaban J connectivity index is 1.63. The van der Waals surface area contributed by atoms with Crippen LogP contribution in [0.5, 0.6) is 0 Å². The van der Waals surface area contributed by atoms with Crippen LogP contribution in [-0.2, 0) is 4.74 Å². The predicted octanol–water partition coefficient (Wildman–Crippen LogP) is 0.899. The molecule has 0 aliphatic carbocycles. The Bertz CT molecular complexity index is 596. The molecule has 3 heterocycles. The highest BCUT2D eigenvalue weighted by molar-refractivity contribution is 7.80. The van der Waals surface area contributed by atoms with Gasteiger partial charge in [0.2, 0.25) is 0 Å². The molecule has 24 heavy (non-hydrogen) atoms. The number of ether oxygens (including phenoxy) is 1. The van der Waals surface area contributed by atoms with Gasteiger partial charge in [0.25, 0.3) is 0 Å². The Kier molecular flexibility index (Phi) is 5.81. The number of nitrogens with two attached hydrogens (primary N) is 1. The van der Waals surface area contributed by atoms with Crippen molar-refractivity contribution < 1.29 is 4.74 Å². The number of hydrazone groups is 1. The summed E-state index contributed by atoms with van der Waals surface area (Å²) < 4.78 is 5.39. The SMILES string of the molecule is NC(=NNC(=S)N1CCCCC1)c1cc(N2CCOCC2)ccn1. The summed E-state index contributed by atoms with van der Waals surface area (Å²) >= 11 is 5.38. The molecule has 3 N–H and O–H groups in total. The number of pyridine rings is 1. The summed E-state index contributed by atoms with van der Waals surface area (Å²) in [5.41, 5.74) is 10.7. The molecule has 0 atom stereocenters. The van der Waals surface area contributed by atoms with E-state index >= 15 is 0 Å². The van der Waals surface area contributed by atoms with Crippen molar-refractivity contribution in [3.8, 4) is 0 Å². The van der Waals surface area contributed by atoms with E-state index in [0.717, 1.165) is 45.1 Å². The molecule has 3 rings (SSSR count). The highest BCUT2D eigenvalue weighted by atomic mass is 32.1. The topological polar surface area (TPSA) is 79.0 Å². The molecule has 0 saturated carbocycles. The maximum atomic E-state index is 6.07. The van der Waals surface area contributed by atoms with Crippen LogP contribution in [0.25, 0.3) is 0 Å². The second-order valence-electron chi connectivity index (χ2n) is 5.96. The first-order chi connectivity index (χ1) is 11.7. The number of likely N-dealkylation sites (tertiary alicyclic amines) is 1. The largest absolute Gasteiger partial charge is 0.380 e. The van der Waals surface area contributed by atoms with Crippen molar-refractivity contribution in [2.45, 2.75) is 19.3 Å². The van der Waals surface area contributed by atoms with Crippen molar-refractivity contribution in [3.63, 3.8) is 0 Å². The lowest BCUT2D eigenvalue weighted by atomic mass is 10.1. The third-order valence-corrected chi connectivity index (χ3v) is 4.65. The Labute approximate surface area is 147 Å². The number of anilines is 1. The Morgan fingerprint density at radius 1 is 1.21 bits per heavy atom. The summed E-state index contributed by atoms with van der Waals surface area (Å²) in [7, 11) is 0. The molecule has 1 aromatic rings. The minimum Gasteiger partial charge on any atom is -0.380 e. The van der Waals surface area contributed by atoms with E-state index in [1.165, 1.54) is 19.3 Å². The maximum absolute atomic E-state index is 6.07. The van der Waals surface area contributed by atoms with Crippen LogP contribution in [0.2, 0.25) is 0 Å². The third kappa shape index (κ3) is 4.33. The molecule has 0 unspecified atom stereocenters. The first-order valence-corrected chi connectivity index (χ1v) is 8.82. The van der Waals surface area contributed by atoms with Gasteiger partial charge in [-0.1, -0.05) is 0 Å². The van der Waals surface area contributed by atoms with E-state index in [1.54, 1.807) is 6.20 Å². The number of nitrogens with zero attached hydrogens (tertiary/aromatic N) is 4. The van der Waals surface area contributed by atoms with Crippen molar-refractivity contribution >= 4 is 28.9 Å². The van der Waals surface area contributed by atoms with Crippen LogP contribution in [0.4, 0.5) is 5.69 Å². The normalized spacial score (nSPS) is 19.2. The lowest BCUT2D eigenvalue weighted by Crippen LogP contribution is -2.41. The van der Waals surface area contributed by atoms with Gasteiger partial charge in [-0.25, -0.2) is 0 Å². The molecule has 2 saturated heterocycles. The maximum Gasteiger partial charge on any atom is 0.189 e. The van der Waals surface area contributed by atoms with Crippen LogP contribution in [0.1, 0.15) is 25.0 Å². The quantitative estimate of drug-likeness (QED) is 0.364. The van der Waals surface area contributed by atoms with Crippen molar-refractivity contribution in [3.05, 3.63) is 24.0 Å². The van der Waals surface area contributed by atoms with Crippen molar-refractivity contribution in [2.75, 3.05) is 44.3 Å². The molecule has 0 radical (unpaired) electrons. The van der Waals surface area contributed by atoms with E-state index in [0.29, 0.717) is 16.6 Å². The minimum atomic E-state index is 0.337. The first kappa shape index (κ1) is 16.9. The number of rotatable bonds is 3. The third-order valence-electron chi connectivity index (χ3n) is 4.30. The average Bonchev–Trinajstić information content (AvgIpc) is 2.67. The zero-order valence-corrected chi connectivity index (χ0v) is 14.6. The standard InChI is InChI=1S/C16H24N6OS/c17-15(19-20-16(24)22-6-2-1-3-7-22)14-12-13(4-5-18-14)21-8-10-23-11-9-21/h4-5,12H,1-3,6-11H2,(H2,17,19)(H,20,24). The fourth-order valence-electron chi connectivity index (χ4n) is 2.91. The average molecular weight is 348 g/mol. The van der Waals surface area contributed by atoms with Crippen LogP contribution in [0.3, 0.4) is 0 Å². The molecule has 1 aromatic heterocycles. The lowest BCUT2D eigenvalue weighted by Gasteiger charge is -2.29. The van der Waals surface area contributed by atoms with E-state index < -0.39 is 0 Å². The Morgan fingerprint density at radius 3 is 2.71 bits per heavy atom. The highest BCUT2D eigenvalue weighted by Gasteiger charge is 2.14. The molecule has 2 fully saturated rings. The predicted molar refractivity (Wildman–Crippen MR) is 99.2 cm³/mol.